The molecule has 0 fully saturated rings. The van der Waals surface area contributed by atoms with E-state index in [1.807, 2.05) is 0 Å². The normalized spacial score (nSPS) is 12.4. The van der Waals surface area contributed by atoms with E-state index in [1.54, 1.807) is 0 Å². The second kappa shape index (κ2) is 7.29. The van der Waals surface area contributed by atoms with Gasteiger partial charge in [-0.15, -0.1) is 0 Å². The number of benzene rings is 1. The van der Waals surface area contributed by atoms with Crippen LogP contribution >= 0.6 is 0 Å². The van der Waals surface area contributed by atoms with Crippen LogP contribution in [0.3, 0.4) is 0 Å². The van der Waals surface area contributed by atoms with Crippen LogP contribution in [0.1, 0.15) is 20.3 Å². The highest BCUT2D eigenvalue weighted by molar-refractivity contribution is 5.44. The molecule has 1 unspecified atom stereocenters. The molecule has 0 amide bonds. The third-order valence-corrected chi connectivity index (χ3v) is 3.01. The van der Waals surface area contributed by atoms with Crippen LogP contribution in [0.15, 0.2) is 30.3 Å². The minimum Gasteiger partial charge on any atom is -0.373 e. The first-order chi connectivity index (χ1) is 7.74. The Morgan fingerprint density at radius 2 is 1.94 bits per heavy atom. The number of nitrogens with zero attached hydrogens (tertiary/aromatic N) is 1. The Labute approximate surface area is 99.7 Å². The van der Waals surface area contributed by atoms with E-state index in [-0.39, 0.29) is 0 Å². The SMILES string of the molecule is CCC(C)CNCCN(C)c1ccccc1. The van der Waals surface area contributed by atoms with Gasteiger partial charge in [0, 0.05) is 25.8 Å². The van der Waals surface area contributed by atoms with Crippen LogP contribution in [0.4, 0.5) is 5.69 Å². The van der Waals surface area contributed by atoms with E-state index in [9.17, 15) is 0 Å². The molecule has 0 heterocycles. The van der Waals surface area contributed by atoms with Crippen molar-refractivity contribution in [1.82, 2.24) is 5.32 Å². The smallest absolute Gasteiger partial charge is 0.0364 e. The predicted molar refractivity (Wildman–Crippen MR) is 72.0 cm³/mol. The quantitative estimate of drug-likeness (QED) is 0.711. The second-order valence-corrected chi connectivity index (χ2v) is 4.47. The molecule has 2 heteroatoms. The van der Waals surface area contributed by atoms with E-state index in [0.717, 1.165) is 25.6 Å². The van der Waals surface area contributed by atoms with Gasteiger partial charge >= 0.3 is 0 Å². The number of anilines is 1. The van der Waals surface area contributed by atoms with Crippen molar-refractivity contribution in [2.24, 2.45) is 5.92 Å². The Morgan fingerprint density at radius 1 is 1.25 bits per heavy atom. The van der Waals surface area contributed by atoms with Crippen LogP contribution in [0.5, 0.6) is 0 Å². The lowest BCUT2D eigenvalue weighted by atomic mass is 10.1. The van der Waals surface area contributed by atoms with E-state index in [1.165, 1.54) is 12.1 Å². The van der Waals surface area contributed by atoms with E-state index in [2.05, 4.69) is 61.4 Å². The molecule has 0 aliphatic rings. The number of rotatable bonds is 7. The Kier molecular flexibility index (Phi) is 5.94. The van der Waals surface area contributed by atoms with Crippen LogP contribution in [-0.4, -0.2) is 26.7 Å². The summed E-state index contributed by atoms with van der Waals surface area (Å²) in [6, 6.07) is 10.5. The molecule has 0 saturated heterocycles. The van der Waals surface area contributed by atoms with Crippen LogP contribution in [0, 0.1) is 5.92 Å². The topological polar surface area (TPSA) is 15.3 Å². The van der Waals surface area contributed by atoms with Crippen molar-refractivity contribution < 1.29 is 0 Å². The summed E-state index contributed by atoms with van der Waals surface area (Å²) in [5.41, 5.74) is 1.29. The van der Waals surface area contributed by atoms with Crippen molar-refractivity contribution in [2.75, 3.05) is 31.6 Å². The molecule has 1 aromatic carbocycles. The van der Waals surface area contributed by atoms with Crippen molar-refractivity contribution >= 4 is 5.69 Å². The molecule has 0 spiro atoms. The Balaban J connectivity index is 2.18. The minimum atomic E-state index is 0.780. The lowest BCUT2D eigenvalue weighted by molar-refractivity contribution is 0.503. The predicted octanol–water partition coefficient (Wildman–Crippen LogP) is 2.76. The summed E-state index contributed by atoms with van der Waals surface area (Å²) in [4.78, 5) is 2.28. The molecule has 0 aromatic heterocycles. The van der Waals surface area contributed by atoms with E-state index >= 15 is 0 Å². The molecule has 0 saturated carbocycles. The van der Waals surface area contributed by atoms with Gasteiger partial charge in [0.1, 0.15) is 0 Å². The van der Waals surface area contributed by atoms with Crippen LogP contribution < -0.4 is 10.2 Å². The zero-order valence-electron chi connectivity index (χ0n) is 10.7. The summed E-state index contributed by atoms with van der Waals surface area (Å²) in [5.74, 6) is 0.780. The van der Waals surface area contributed by atoms with Gasteiger partial charge in [-0.25, -0.2) is 0 Å². The summed E-state index contributed by atoms with van der Waals surface area (Å²) in [6.07, 6.45) is 1.25. The van der Waals surface area contributed by atoms with Gasteiger partial charge in [0.05, 0.1) is 0 Å². The molecule has 1 atom stereocenters. The van der Waals surface area contributed by atoms with Crippen molar-refractivity contribution in [2.45, 2.75) is 20.3 Å². The van der Waals surface area contributed by atoms with Gasteiger partial charge in [-0.3, -0.25) is 0 Å². The molecule has 0 radical (unpaired) electrons. The fourth-order valence-electron chi connectivity index (χ4n) is 1.55. The molecule has 0 bridgehead atoms. The molecule has 16 heavy (non-hydrogen) atoms. The molecule has 1 N–H and O–H groups in total. The van der Waals surface area contributed by atoms with Crippen molar-refractivity contribution in [3.8, 4) is 0 Å². The molecule has 2 nitrogen and oxygen atoms in total. The number of hydrogen-bond donors (Lipinski definition) is 1. The lowest BCUT2D eigenvalue weighted by Gasteiger charge is -2.20. The average Bonchev–Trinajstić information content (AvgIpc) is 2.35. The monoisotopic (exact) mass is 220 g/mol. The summed E-state index contributed by atoms with van der Waals surface area (Å²) < 4.78 is 0. The number of nitrogens with one attached hydrogen (secondary N) is 1. The largest absolute Gasteiger partial charge is 0.373 e. The third kappa shape index (κ3) is 4.67. The highest BCUT2D eigenvalue weighted by atomic mass is 15.1. The van der Waals surface area contributed by atoms with Crippen molar-refractivity contribution in [3.05, 3.63) is 30.3 Å². The van der Waals surface area contributed by atoms with Gasteiger partial charge in [-0.1, -0.05) is 38.5 Å². The van der Waals surface area contributed by atoms with Gasteiger partial charge in [0.15, 0.2) is 0 Å². The van der Waals surface area contributed by atoms with Gasteiger partial charge in [0.25, 0.3) is 0 Å². The van der Waals surface area contributed by atoms with E-state index in [4.69, 9.17) is 0 Å². The van der Waals surface area contributed by atoms with Gasteiger partial charge in [-0.2, -0.15) is 0 Å². The number of likely N-dealkylation sites (N-methyl/N-ethyl adjacent to an activating group) is 1. The van der Waals surface area contributed by atoms with Crippen LogP contribution in [0.25, 0.3) is 0 Å². The van der Waals surface area contributed by atoms with E-state index < -0.39 is 0 Å². The first kappa shape index (κ1) is 13.0. The third-order valence-electron chi connectivity index (χ3n) is 3.01. The molecular formula is C14H24N2. The highest BCUT2D eigenvalue weighted by Gasteiger charge is 2.00. The maximum Gasteiger partial charge on any atom is 0.0364 e. The fraction of sp³-hybridized carbons (Fsp3) is 0.571. The summed E-state index contributed by atoms with van der Waals surface area (Å²) >= 11 is 0. The zero-order valence-corrected chi connectivity index (χ0v) is 10.7. The lowest BCUT2D eigenvalue weighted by Crippen LogP contribution is -2.31. The molecular weight excluding hydrogens is 196 g/mol. The average molecular weight is 220 g/mol. The zero-order chi connectivity index (χ0) is 11.8. The minimum absolute atomic E-state index is 0.780. The van der Waals surface area contributed by atoms with Gasteiger partial charge in [-0.05, 0) is 24.6 Å². The standard InChI is InChI=1S/C14H24N2/c1-4-13(2)12-15-10-11-16(3)14-8-6-5-7-9-14/h5-9,13,15H,4,10-12H2,1-3H3. The van der Waals surface area contributed by atoms with Gasteiger partial charge in [0.2, 0.25) is 0 Å². The Morgan fingerprint density at radius 3 is 2.56 bits per heavy atom. The highest BCUT2D eigenvalue weighted by Crippen LogP contribution is 2.09. The second-order valence-electron chi connectivity index (χ2n) is 4.47. The first-order valence-electron chi connectivity index (χ1n) is 6.21. The summed E-state index contributed by atoms with van der Waals surface area (Å²) in [5, 5.41) is 3.50. The van der Waals surface area contributed by atoms with Crippen molar-refractivity contribution in [1.29, 1.82) is 0 Å². The van der Waals surface area contributed by atoms with Crippen molar-refractivity contribution in [3.63, 3.8) is 0 Å². The molecule has 90 valence electrons. The number of hydrogen-bond acceptors (Lipinski definition) is 2. The molecule has 0 aliphatic heterocycles. The molecule has 1 aromatic rings. The maximum atomic E-state index is 3.50. The Hall–Kier alpha value is -1.02. The van der Waals surface area contributed by atoms with Crippen LogP contribution in [-0.2, 0) is 0 Å². The summed E-state index contributed by atoms with van der Waals surface area (Å²) in [6.45, 7) is 7.76. The maximum absolute atomic E-state index is 3.50. The van der Waals surface area contributed by atoms with E-state index in [0.29, 0.717) is 0 Å². The summed E-state index contributed by atoms with van der Waals surface area (Å²) in [7, 11) is 2.14. The van der Waals surface area contributed by atoms with Gasteiger partial charge < -0.3 is 10.2 Å². The Bertz CT molecular complexity index is 271. The van der Waals surface area contributed by atoms with Crippen LogP contribution in [0.2, 0.25) is 0 Å². The fourth-order valence-corrected chi connectivity index (χ4v) is 1.55. The molecule has 1 rings (SSSR count). The number of para-hydroxylation sites is 1. The molecule has 0 aliphatic carbocycles. The first-order valence-corrected chi connectivity index (χ1v) is 6.21.